The third-order valence-electron chi connectivity index (χ3n) is 3.80. The van der Waals surface area contributed by atoms with Gasteiger partial charge in [-0.15, -0.1) is 11.6 Å². The van der Waals surface area contributed by atoms with Crippen molar-refractivity contribution in [2.45, 2.75) is 18.0 Å². The lowest BCUT2D eigenvalue weighted by Crippen LogP contribution is -2.30. The first-order valence-electron chi connectivity index (χ1n) is 7.15. The van der Waals surface area contributed by atoms with E-state index in [4.69, 9.17) is 11.6 Å². The quantitative estimate of drug-likeness (QED) is 0.558. The highest BCUT2D eigenvalue weighted by Gasteiger charge is 2.39. The van der Waals surface area contributed by atoms with Crippen LogP contribution in [-0.4, -0.2) is 11.7 Å². The number of alkyl halides is 4. The molecule has 0 aliphatic rings. The Morgan fingerprint density at radius 3 is 2.12 bits per heavy atom. The van der Waals surface area contributed by atoms with Gasteiger partial charge in [0, 0.05) is 6.42 Å². The number of hydrogen-bond donors (Lipinski definition) is 0. The summed E-state index contributed by atoms with van der Waals surface area (Å²) in [5.41, 5.74) is -2.68. The van der Waals surface area contributed by atoms with Crippen molar-refractivity contribution in [2.75, 3.05) is 5.88 Å². The molecule has 0 aromatic heterocycles. The highest BCUT2D eigenvalue weighted by atomic mass is 35.5. The van der Waals surface area contributed by atoms with Crippen LogP contribution in [0.25, 0.3) is 0 Å². The summed E-state index contributed by atoms with van der Waals surface area (Å²) < 4.78 is 52.7. The number of rotatable bonds is 5. The number of carbonyl (C=O) groups is 1. The molecule has 2 rings (SSSR count). The van der Waals surface area contributed by atoms with E-state index in [1.165, 1.54) is 18.2 Å². The minimum atomic E-state index is -4.62. The van der Waals surface area contributed by atoms with Gasteiger partial charge in [0.1, 0.15) is 17.0 Å². The second kappa shape index (κ2) is 7.24. The van der Waals surface area contributed by atoms with E-state index >= 15 is 0 Å². The molecule has 1 unspecified atom stereocenters. The molecule has 0 N–H and O–H groups in total. The SMILES string of the molecule is N#CC(CC(=O)CCl)(c1cccc(F)c1)c1cccc(C(F)(F)F)c1. The van der Waals surface area contributed by atoms with Gasteiger partial charge in [-0.1, -0.05) is 24.3 Å². The summed E-state index contributed by atoms with van der Waals surface area (Å²) in [5.74, 6) is -1.61. The Morgan fingerprint density at radius 2 is 1.60 bits per heavy atom. The predicted octanol–water partition coefficient (Wildman–Crippen LogP) is 4.85. The van der Waals surface area contributed by atoms with Gasteiger partial charge in [-0.2, -0.15) is 18.4 Å². The molecule has 0 fully saturated rings. The average molecular weight is 370 g/mol. The Bertz CT molecular complexity index is 828. The van der Waals surface area contributed by atoms with E-state index in [0.29, 0.717) is 0 Å². The smallest absolute Gasteiger partial charge is 0.298 e. The number of nitriles is 1. The van der Waals surface area contributed by atoms with Gasteiger partial charge in [-0.3, -0.25) is 4.79 Å². The van der Waals surface area contributed by atoms with Crippen LogP contribution in [-0.2, 0) is 16.4 Å². The molecule has 0 aliphatic carbocycles. The molecule has 0 amide bonds. The first kappa shape index (κ1) is 18.9. The van der Waals surface area contributed by atoms with Gasteiger partial charge in [-0.05, 0) is 35.4 Å². The van der Waals surface area contributed by atoms with Crippen LogP contribution in [0.4, 0.5) is 17.6 Å². The zero-order valence-electron chi connectivity index (χ0n) is 12.8. The van der Waals surface area contributed by atoms with Gasteiger partial charge < -0.3 is 0 Å². The monoisotopic (exact) mass is 369 g/mol. The maximum atomic E-state index is 13.6. The van der Waals surface area contributed by atoms with E-state index in [1.54, 1.807) is 0 Å². The lowest BCUT2D eigenvalue weighted by molar-refractivity contribution is -0.137. The highest BCUT2D eigenvalue weighted by Crippen LogP contribution is 2.39. The first-order chi connectivity index (χ1) is 11.7. The average Bonchev–Trinajstić information content (AvgIpc) is 2.59. The van der Waals surface area contributed by atoms with Gasteiger partial charge in [0.05, 0.1) is 17.5 Å². The fourth-order valence-electron chi connectivity index (χ4n) is 2.60. The van der Waals surface area contributed by atoms with Crippen molar-refractivity contribution in [1.29, 1.82) is 5.26 Å². The van der Waals surface area contributed by atoms with Gasteiger partial charge in [-0.25, -0.2) is 4.39 Å². The van der Waals surface area contributed by atoms with Crippen molar-refractivity contribution in [3.05, 3.63) is 71.0 Å². The standard InChI is InChI=1S/C18H12ClF4NO/c19-10-16(25)9-17(11-24,13-4-2-6-15(20)8-13)12-3-1-5-14(7-12)18(21,22)23/h1-8H,9-10H2. The summed E-state index contributed by atoms with van der Waals surface area (Å²) in [4.78, 5) is 11.9. The van der Waals surface area contributed by atoms with Crippen molar-refractivity contribution in [3.63, 3.8) is 0 Å². The topological polar surface area (TPSA) is 40.9 Å². The van der Waals surface area contributed by atoms with Gasteiger partial charge in [0.25, 0.3) is 0 Å². The van der Waals surface area contributed by atoms with Crippen LogP contribution in [0.15, 0.2) is 48.5 Å². The molecule has 130 valence electrons. The molecule has 25 heavy (non-hydrogen) atoms. The Morgan fingerprint density at radius 1 is 1.04 bits per heavy atom. The summed E-state index contributed by atoms with van der Waals surface area (Å²) in [6, 6.07) is 10.9. The minimum absolute atomic E-state index is 0.0473. The van der Waals surface area contributed by atoms with Gasteiger partial charge in [0.15, 0.2) is 0 Å². The van der Waals surface area contributed by atoms with Crippen LogP contribution < -0.4 is 0 Å². The van der Waals surface area contributed by atoms with Crippen molar-refractivity contribution >= 4 is 17.4 Å². The van der Waals surface area contributed by atoms with E-state index in [-0.39, 0.29) is 11.1 Å². The van der Waals surface area contributed by atoms with E-state index in [9.17, 15) is 27.6 Å². The van der Waals surface area contributed by atoms with Crippen molar-refractivity contribution < 1.29 is 22.4 Å². The van der Waals surface area contributed by atoms with Crippen LogP contribution in [0.1, 0.15) is 23.1 Å². The third kappa shape index (κ3) is 3.99. The Labute approximate surface area is 146 Å². The number of ketones is 1. The van der Waals surface area contributed by atoms with Gasteiger partial charge in [0.2, 0.25) is 0 Å². The molecule has 0 aliphatic heterocycles. The van der Waals surface area contributed by atoms with E-state index in [2.05, 4.69) is 0 Å². The second-order valence-corrected chi connectivity index (χ2v) is 5.72. The summed E-state index contributed by atoms with van der Waals surface area (Å²) in [6.07, 6.45) is -5.08. The molecule has 0 heterocycles. The molecular weight excluding hydrogens is 358 g/mol. The molecule has 0 bridgehead atoms. The molecule has 0 saturated heterocycles. The molecule has 0 radical (unpaired) electrons. The number of Topliss-reactive ketones (excluding diaryl/α,β-unsaturated/α-hetero) is 1. The third-order valence-corrected chi connectivity index (χ3v) is 4.10. The Kier molecular flexibility index (Phi) is 5.48. The lowest BCUT2D eigenvalue weighted by Gasteiger charge is -2.28. The number of halogens is 5. The van der Waals surface area contributed by atoms with Crippen LogP contribution in [0.3, 0.4) is 0 Å². The zero-order valence-corrected chi connectivity index (χ0v) is 13.5. The number of hydrogen-bond acceptors (Lipinski definition) is 2. The fraction of sp³-hybridized carbons (Fsp3) is 0.222. The largest absolute Gasteiger partial charge is 0.416 e. The van der Waals surface area contributed by atoms with Gasteiger partial charge >= 0.3 is 6.18 Å². The van der Waals surface area contributed by atoms with E-state index in [0.717, 1.165) is 30.3 Å². The summed E-state index contributed by atoms with van der Waals surface area (Å²) in [5, 5.41) is 9.76. The van der Waals surface area contributed by atoms with E-state index in [1.807, 2.05) is 6.07 Å². The molecule has 0 spiro atoms. The molecule has 2 nitrogen and oxygen atoms in total. The Balaban J connectivity index is 2.71. The maximum absolute atomic E-state index is 13.6. The summed E-state index contributed by atoms with van der Waals surface area (Å²) in [7, 11) is 0. The van der Waals surface area contributed by atoms with Crippen molar-refractivity contribution in [3.8, 4) is 6.07 Å². The second-order valence-electron chi connectivity index (χ2n) is 5.46. The highest BCUT2D eigenvalue weighted by molar-refractivity contribution is 6.27. The number of nitrogens with zero attached hydrogens (tertiary/aromatic N) is 1. The fourth-order valence-corrected chi connectivity index (χ4v) is 2.69. The Hall–Kier alpha value is -2.39. The summed E-state index contributed by atoms with van der Waals surface area (Å²) >= 11 is 5.51. The van der Waals surface area contributed by atoms with E-state index < -0.39 is 41.1 Å². The maximum Gasteiger partial charge on any atom is 0.416 e. The first-order valence-corrected chi connectivity index (χ1v) is 7.69. The minimum Gasteiger partial charge on any atom is -0.298 e. The number of benzene rings is 2. The van der Waals surface area contributed by atoms with Crippen LogP contribution >= 0.6 is 11.6 Å². The molecule has 1 atom stereocenters. The van der Waals surface area contributed by atoms with Crippen LogP contribution in [0, 0.1) is 17.1 Å². The van der Waals surface area contributed by atoms with Crippen molar-refractivity contribution in [1.82, 2.24) is 0 Å². The van der Waals surface area contributed by atoms with Crippen molar-refractivity contribution in [2.24, 2.45) is 0 Å². The van der Waals surface area contributed by atoms with Crippen LogP contribution in [0.5, 0.6) is 0 Å². The lowest BCUT2D eigenvalue weighted by atomic mass is 9.72. The van der Waals surface area contributed by atoms with Crippen LogP contribution in [0.2, 0.25) is 0 Å². The normalized spacial score (nSPS) is 13.8. The summed E-state index contributed by atoms with van der Waals surface area (Å²) in [6.45, 7) is 0. The number of carbonyl (C=O) groups excluding carboxylic acids is 1. The molecule has 2 aromatic carbocycles. The molecule has 2 aromatic rings. The molecular formula is C18H12ClF4NO. The molecule has 7 heteroatoms. The molecule has 0 saturated carbocycles. The zero-order chi connectivity index (χ0) is 18.7. The predicted molar refractivity (Wildman–Crippen MR) is 84.6 cm³/mol.